The van der Waals surface area contributed by atoms with Gasteiger partial charge in [-0.3, -0.25) is 4.98 Å². The number of aromatic nitrogens is 1. The van der Waals surface area contributed by atoms with Crippen LogP contribution in [0.4, 0.5) is 11.4 Å². The predicted octanol–water partition coefficient (Wildman–Crippen LogP) is 4.09. The number of hydrogen-bond donors (Lipinski definition) is 2. The highest BCUT2D eigenvalue weighted by Gasteiger charge is 2.05. The summed E-state index contributed by atoms with van der Waals surface area (Å²) in [5.74, 6) is 0. The Bertz CT molecular complexity index is 756. The number of nitrogens with two attached hydrogens (primary N) is 1. The van der Waals surface area contributed by atoms with Gasteiger partial charge in [0.1, 0.15) is 0 Å². The predicted molar refractivity (Wildman–Crippen MR) is 84.4 cm³/mol. The molecule has 20 heavy (non-hydrogen) atoms. The first-order valence-corrected chi connectivity index (χ1v) is 6.75. The van der Waals surface area contributed by atoms with Gasteiger partial charge in [-0.25, -0.2) is 0 Å². The topological polar surface area (TPSA) is 50.9 Å². The summed E-state index contributed by atoms with van der Waals surface area (Å²) in [5.41, 5.74) is 9.72. The van der Waals surface area contributed by atoms with Crippen LogP contribution < -0.4 is 11.1 Å². The second kappa shape index (κ2) is 5.49. The van der Waals surface area contributed by atoms with Gasteiger partial charge in [0.15, 0.2) is 0 Å². The van der Waals surface area contributed by atoms with E-state index in [4.69, 9.17) is 17.3 Å². The molecule has 0 bridgehead atoms. The summed E-state index contributed by atoms with van der Waals surface area (Å²) in [7, 11) is 0. The Kier molecular flexibility index (Phi) is 3.54. The molecule has 1 heterocycles. The smallest absolute Gasteiger partial charge is 0.0737 e. The number of nitrogens with zero attached hydrogens (tertiary/aromatic N) is 1. The summed E-state index contributed by atoms with van der Waals surface area (Å²) < 4.78 is 0. The number of halogens is 1. The lowest BCUT2D eigenvalue weighted by Crippen LogP contribution is -2.02. The van der Waals surface area contributed by atoms with Crippen molar-refractivity contribution in [1.82, 2.24) is 4.98 Å². The largest absolute Gasteiger partial charge is 0.355 e. The third-order valence-electron chi connectivity index (χ3n) is 3.21. The molecule has 0 radical (unpaired) electrons. The molecule has 0 atom stereocenters. The molecule has 100 valence electrons. The number of rotatable bonds is 3. The van der Waals surface area contributed by atoms with Crippen molar-refractivity contribution in [3.8, 4) is 0 Å². The Morgan fingerprint density at radius 1 is 1.05 bits per heavy atom. The summed E-state index contributed by atoms with van der Waals surface area (Å²) in [6.45, 7) is 0.498. The average Bonchev–Trinajstić information content (AvgIpc) is 2.47. The monoisotopic (exact) mass is 283 g/mol. The molecule has 3 aromatic rings. The summed E-state index contributed by atoms with van der Waals surface area (Å²) in [5, 5.41) is 5.14. The highest BCUT2D eigenvalue weighted by Crippen LogP contribution is 2.28. The standard InChI is InChI=1S/C16H14ClN3/c17-12-5-6-13-15(7-8-19-16(13)9-12)20-14-4-2-1-3-11(14)10-18/h1-9H,10,18H2,(H,19,20). The van der Waals surface area contributed by atoms with Gasteiger partial charge in [-0.1, -0.05) is 29.8 Å². The molecule has 0 aliphatic carbocycles. The highest BCUT2D eigenvalue weighted by atomic mass is 35.5. The molecule has 0 aliphatic heterocycles. The zero-order chi connectivity index (χ0) is 13.9. The van der Waals surface area contributed by atoms with E-state index >= 15 is 0 Å². The van der Waals surface area contributed by atoms with Crippen LogP contribution >= 0.6 is 11.6 Å². The van der Waals surface area contributed by atoms with Gasteiger partial charge in [0.05, 0.1) is 5.52 Å². The van der Waals surface area contributed by atoms with Gasteiger partial charge >= 0.3 is 0 Å². The average molecular weight is 284 g/mol. The normalized spacial score (nSPS) is 10.7. The van der Waals surface area contributed by atoms with Crippen LogP contribution in [0.1, 0.15) is 5.56 Å². The quantitative estimate of drug-likeness (QED) is 0.761. The van der Waals surface area contributed by atoms with Gasteiger partial charge < -0.3 is 11.1 Å². The second-order valence-corrected chi connectivity index (χ2v) is 4.94. The van der Waals surface area contributed by atoms with E-state index in [1.54, 1.807) is 6.20 Å². The molecule has 0 saturated heterocycles. The van der Waals surface area contributed by atoms with Gasteiger partial charge in [-0.05, 0) is 35.9 Å². The Morgan fingerprint density at radius 2 is 1.90 bits per heavy atom. The number of pyridine rings is 1. The number of para-hydroxylation sites is 1. The molecule has 3 rings (SSSR count). The highest BCUT2D eigenvalue weighted by molar-refractivity contribution is 6.31. The SMILES string of the molecule is NCc1ccccc1Nc1ccnc2cc(Cl)ccc12. The van der Waals surface area contributed by atoms with Crippen LogP contribution in [-0.4, -0.2) is 4.98 Å². The van der Waals surface area contributed by atoms with Crippen LogP contribution in [0.2, 0.25) is 5.02 Å². The van der Waals surface area contributed by atoms with Gasteiger partial charge in [-0.15, -0.1) is 0 Å². The lowest BCUT2D eigenvalue weighted by atomic mass is 10.1. The van der Waals surface area contributed by atoms with Crippen molar-refractivity contribution >= 4 is 33.9 Å². The first-order chi connectivity index (χ1) is 9.78. The number of benzene rings is 2. The zero-order valence-corrected chi connectivity index (χ0v) is 11.6. The van der Waals surface area contributed by atoms with Crippen LogP contribution in [0.5, 0.6) is 0 Å². The minimum Gasteiger partial charge on any atom is -0.355 e. The van der Waals surface area contributed by atoms with Crippen LogP contribution in [-0.2, 0) is 6.54 Å². The maximum atomic E-state index is 6.00. The fourth-order valence-corrected chi connectivity index (χ4v) is 2.36. The summed E-state index contributed by atoms with van der Waals surface area (Å²) in [6, 6.07) is 15.6. The Balaban J connectivity index is 2.07. The molecular formula is C16H14ClN3. The van der Waals surface area contributed by atoms with Crippen LogP contribution in [0.3, 0.4) is 0 Å². The van der Waals surface area contributed by atoms with Crippen molar-refractivity contribution in [1.29, 1.82) is 0 Å². The molecule has 2 aromatic carbocycles. The molecule has 0 amide bonds. The van der Waals surface area contributed by atoms with E-state index in [2.05, 4.69) is 10.3 Å². The fourth-order valence-electron chi connectivity index (χ4n) is 2.20. The summed E-state index contributed by atoms with van der Waals surface area (Å²) in [6.07, 6.45) is 1.77. The van der Waals surface area contributed by atoms with E-state index in [0.717, 1.165) is 27.8 Å². The number of hydrogen-bond acceptors (Lipinski definition) is 3. The van der Waals surface area contributed by atoms with Gasteiger partial charge in [0.25, 0.3) is 0 Å². The summed E-state index contributed by atoms with van der Waals surface area (Å²) in [4.78, 5) is 4.34. The minimum absolute atomic E-state index is 0.498. The van der Waals surface area contributed by atoms with E-state index in [1.165, 1.54) is 0 Å². The molecule has 0 spiro atoms. The lowest BCUT2D eigenvalue weighted by Gasteiger charge is -2.12. The minimum atomic E-state index is 0.498. The molecule has 0 fully saturated rings. The maximum Gasteiger partial charge on any atom is 0.0737 e. The second-order valence-electron chi connectivity index (χ2n) is 4.51. The van der Waals surface area contributed by atoms with Crippen molar-refractivity contribution in [3.63, 3.8) is 0 Å². The van der Waals surface area contributed by atoms with Crippen molar-refractivity contribution in [2.75, 3.05) is 5.32 Å². The van der Waals surface area contributed by atoms with E-state index in [0.29, 0.717) is 11.6 Å². The van der Waals surface area contributed by atoms with Crippen molar-refractivity contribution in [3.05, 3.63) is 65.3 Å². The number of nitrogens with one attached hydrogen (secondary N) is 1. The maximum absolute atomic E-state index is 6.00. The van der Waals surface area contributed by atoms with Gasteiger partial charge in [0.2, 0.25) is 0 Å². The molecular weight excluding hydrogens is 270 g/mol. The molecule has 0 aliphatic rings. The van der Waals surface area contributed by atoms with Gasteiger partial charge in [-0.2, -0.15) is 0 Å². The van der Waals surface area contributed by atoms with Crippen LogP contribution in [0.15, 0.2) is 54.7 Å². The van der Waals surface area contributed by atoms with E-state index in [9.17, 15) is 0 Å². The molecule has 3 nitrogen and oxygen atoms in total. The molecule has 3 N–H and O–H groups in total. The zero-order valence-electron chi connectivity index (χ0n) is 10.8. The van der Waals surface area contributed by atoms with Gasteiger partial charge in [0, 0.05) is 34.5 Å². The Morgan fingerprint density at radius 3 is 2.75 bits per heavy atom. The number of anilines is 2. The first-order valence-electron chi connectivity index (χ1n) is 6.37. The third kappa shape index (κ3) is 2.46. The summed E-state index contributed by atoms with van der Waals surface area (Å²) >= 11 is 6.00. The van der Waals surface area contributed by atoms with Crippen molar-refractivity contribution in [2.45, 2.75) is 6.54 Å². The van der Waals surface area contributed by atoms with E-state index in [-0.39, 0.29) is 0 Å². The van der Waals surface area contributed by atoms with Crippen molar-refractivity contribution < 1.29 is 0 Å². The van der Waals surface area contributed by atoms with Crippen molar-refractivity contribution in [2.24, 2.45) is 5.73 Å². The molecule has 0 unspecified atom stereocenters. The van der Waals surface area contributed by atoms with Crippen LogP contribution in [0, 0.1) is 0 Å². The molecule has 4 heteroatoms. The van der Waals surface area contributed by atoms with E-state index in [1.807, 2.05) is 48.5 Å². The van der Waals surface area contributed by atoms with E-state index < -0.39 is 0 Å². The fraction of sp³-hybridized carbons (Fsp3) is 0.0625. The van der Waals surface area contributed by atoms with Crippen LogP contribution in [0.25, 0.3) is 10.9 Å². The first kappa shape index (κ1) is 12.9. The Labute approximate surface area is 122 Å². The number of fused-ring (bicyclic) bond motifs is 1. The molecule has 1 aromatic heterocycles. The third-order valence-corrected chi connectivity index (χ3v) is 3.45. The lowest BCUT2D eigenvalue weighted by molar-refractivity contribution is 1.07. The Hall–Kier alpha value is -2.10. The molecule has 0 saturated carbocycles.